The lowest BCUT2D eigenvalue weighted by Gasteiger charge is -2.66. The number of hydrogen-bond donors (Lipinski definition) is 1. The fourth-order valence-corrected chi connectivity index (χ4v) is 8.15. The molecule has 0 spiro atoms. The van der Waals surface area contributed by atoms with E-state index >= 15 is 0 Å². The Morgan fingerprint density at radius 1 is 0.727 bits per heavy atom. The van der Waals surface area contributed by atoms with E-state index in [1.165, 1.54) is 57.8 Å². The van der Waals surface area contributed by atoms with Crippen molar-refractivity contribution in [3.8, 4) is 0 Å². The maximum atomic E-state index is 3.72. The molecule has 0 aromatic carbocycles. The van der Waals surface area contributed by atoms with E-state index in [9.17, 15) is 0 Å². The van der Waals surface area contributed by atoms with E-state index in [0.29, 0.717) is 16.2 Å². The van der Waals surface area contributed by atoms with Gasteiger partial charge >= 0.3 is 0 Å². The lowest BCUT2D eigenvalue weighted by atomic mass is 9.40. The van der Waals surface area contributed by atoms with Crippen LogP contribution in [0.5, 0.6) is 0 Å². The summed E-state index contributed by atoms with van der Waals surface area (Å²) in [6.45, 7) is 7.98. The molecule has 0 aromatic heterocycles. The van der Waals surface area contributed by atoms with Crippen LogP contribution >= 0.6 is 0 Å². The molecule has 2 unspecified atom stereocenters. The first kappa shape index (κ1) is 15.5. The minimum absolute atomic E-state index is 0.535. The molecule has 4 rings (SSSR count). The molecule has 0 saturated heterocycles. The van der Waals surface area contributed by atoms with Crippen molar-refractivity contribution in [2.75, 3.05) is 7.05 Å². The predicted octanol–water partition coefficient (Wildman–Crippen LogP) is 5.40. The molecule has 22 heavy (non-hydrogen) atoms. The summed E-state index contributed by atoms with van der Waals surface area (Å²) in [4.78, 5) is 0. The van der Waals surface area contributed by atoms with Crippen LogP contribution < -0.4 is 5.32 Å². The number of nitrogens with one attached hydrogen (secondary N) is 1. The van der Waals surface area contributed by atoms with Crippen LogP contribution in [0.4, 0.5) is 0 Å². The van der Waals surface area contributed by atoms with Crippen LogP contribution in [-0.2, 0) is 0 Å². The van der Waals surface area contributed by atoms with Crippen molar-refractivity contribution < 1.29 is 0 Å². The average molecular weight is 304 g/mol. The zero-order valence-corrected chi connectivity index (χ0v) is 15.4. The molecule has 0 bridgehead atoms. The van der Waals surface area contributed by atoms with E-state index in [1.54, 1.807) is 6.42 Å². The third kappa shape index (κ3) is 1.81. The Hall–Kier alpha value is -0.0400. The second-order valence-corrected chi connectivity index (χ2v) is 10.1. The van der Waals surface area contributed by atoms with Crippen molar-refractivity contribution in [3.63, 3.8) is 0 Å². The predicted molar refractivity (Wildman–Crippen MR) is 93.8 cm³/mol. The fraction of sp³-hybridized carbons (Fsp3) is 1.00. The Balaban J connectivity index is 1.69. The van der Waals surface area contributed by atoms with Crippen LogP contribution in [0.25, 0.3) is 0 Å². The molecular formula is C21H37N. The third-order valence-electron chi connectivity index (χ3n) is 9.64. The summed E-state index contributed by atoms with van der Waals surface area (Å²) in [5, 5.41) is 3.72. The average Bonchev–Trinajstić information content (AvgIpc) is 2.89. The van der Waals surface area contributed by atoms with Crippen LogP contribution in [0.15, 0.2) is 0 Å². The summed E-state index contributed by atoms with van der Waals surface area (Å²) in [5.74, 6) is 3.12. The smallest absolute Gasteiger partial charge is 0.0123 e. The van der Waals surface area contributed by atoms with Crippen molar-refractivity contribution >= 4 is 0 Å². The molecule has 1 heteroatoms. The van der Waals surface area contributed by atoms with Crippen molar-refractivity contribution in [2.24, 2.45) is 34.0 Å². The molecule has 0 aromatic rings. The van der Waals surface area contributed by atoms with Crippen LogP contribution in [0.1, 0.15) is 85.0 Å². The molecule has 4 saturated carbocycles. The largest absolute Gasteiger partial charge is 0.316 e. The highest BCUT2D eigenvalue weighted by atomic mass is 14.9. The van der Waals surface area contributed by atoms with E-state index in [2.05, 4.69) is 33.1 Å². The monoisotopic (exact) mass is 303 g/mol. The standard InChI is InChI=1S/C21H37N/c1-19-11-5-7-16(19)15-9-14-21(3)18(22-4)8-6-12-20(21,2)17(15)10-13-19/h15-18,22H,5-14H2,1-4H3/t15?,16-,17-,18?,19-,20+,21-/m0/s1. The second kappa shape index (κ2) is 4.98. The Morgan fingerprint density at radius 2 is 1.50 bits per heavy atom. The molecular weight excluding hydrogens is 266 g/mol. The van der Waals surface area contributed by atoms with Gasteiger partial charge < -0.3 is 5.32 Å². The van der Waals surface area contributed by atoms with Gasteiger partial charge in [0.2, 0.25) is 0 Å². The highest BCUT2D eigenvalue weighted by Gasteiger charge is 2.62. The molecule has 1 N–H and O–H groups in total. The van der Waals surface area contributed by atoms with Crippen molar-refractivity contribution in [1.82, 2.24) is 5.32 Å². The molecule has 126 valence electrons. The molecule has 4 aliphatic carbocycles. The highest BCUT2D eigenvalue weighted by Crippen LogP contribution is 2.69. The van der Waals surface area contributed by atoms with Crippen LogP contribution in [0.2, 0.25) is 0 Å². The van der Waals surface area contributed by atoms with E-state index in [4.69, 9.17) is 0 Å². The third-order valence-corrected chi connectivity index (χ3v) is 9.64. The van der Waals surface area contributed by atoms with Crippen molar-refractivity contribution in [2.45, 2.75) is 91.0 Å². The second-order valence-electron chi connectivity index (χ2n) is 10.1. The minimum Gasteiger partial charge on any atom is -0.316 e. The number of fused-ring (bicyclic) bond motifs is 5. The van der Waals surface area contributed by atoms with Gasteiger partial charge in [-0.1, -0.05) is 33.6 Å². The van der Waals surface area contributed by atoms with E-state index in [1.807, 2.05) is 0 Å². The first-order valence-electron chi connectivity index (χ1n) is 10.1. The van der Waals surface area contributed by atoms with Gasteiger partial charge in [0, 0.05) is 6.04 Å². The van der Waals surface area contributed by atoms with Crippen LogP contribution in [-0.4, -0.2) is 13.1 Å². The van der Waals surface area contributed by atoms with Crippen LogP contribution in [0.3, 0.4) is 0 Å². The zero-order chi connectivity index (χ0) is 15.6. The maximum Gasteiger partial charge on any atom is 0.0123 e. The fourth-order valence-electron chi connectivity index (χ4n) is 8.15. The lowest BCUT2D eigenvalue weighted by Crippen LogP contribution is -2.62. The van der Waals surface area contributed by atoms with Gasteiger partial charge in [-0.3, -0.25) is 0 Å². The summed E-state index contributed by atoms with van der Waals surface area (Å²) in [7, 11) is 2.21. The van der Waals surface area contributed by atoms with Crippen LogP contribution in [0, 0.1) is 34.0 Å². The Bertz CT molecular complexity index is 445. The van der Waals surface area contributed by atoms with Gasteiger partial charge in [-0.2, -0.15) is 0 Å². The Morgan fingerprint density at radius 3 is 2.27 bits per heavy atom. The molecule has 7 atom stereocenters. The molecule has 4 fully saturated rings. The Kier molecular flexibility index (Phi) is 3.50. The Labute approximate surface area is 138 Å². The summed E-state index contributed by atoms with van der Waals surface area (Å²) >= 11 is 0. The molecule has 4 aliphatic rings. The summed E-state index contributed by atoms with van der Waals surface area (Å²) in [6, 6.07) is 0.754. The van der Waals surface area contributed by atoms with E-state index < -0.39 is 0 Å². The van der Waals surface area contributed by atoms with Gasteiger partial charge in [-0.25, -0.2) is 0 Å². The first-order chi connectivity index (χ1) is 10.4. The quantitative estimate of drug-likeness (QED) is 0.684. The van der Waals surface area contributed by atoms with Crippen molar-refractivity contribution in [3.05, 3.63) is 0 Å². The summed E-state index contributed by atoms with van der Waals surface area (Å²) < 4.78 is 0. The van der Waals surface area contributed by atoms with Gasteiger partial charge in [-0.15, -0.1) is 0 Å². The van der Waals surface area contributed by atoms with E-state index in [0.717, 1.165) is 23.8 Å². The number of rotatable bonds is 1. The summed E-state index contributed by atoms with van der Waals surface area (Å²) in [5.41, 5.74) is 1.83. The SMILES string of the molecule is CNC1CCC[C@]2(C)[C@H]3CC[C@]4(C)CCC[C@H]4C3CC[C@@]12C. The topological polar surface area (TPSA) is 12.0 Å². The van der Waals surface area contributed by atoms with Gasteiger partial charge in [-0.05, 0) is 92.4 Å². The molecule has 1 nitrogen and oxygen atoms in total. The summed E-state index contributed by atoms with van der Waals surface area (Å²) in [6.07, 6.45) is 15.0. The molecule has 0 heterocycles. The molecule has 0 radical (unpaired) electrons. The molecule has 0 amide bonds. The van der Waals surface area contributed by atoms with Crippen molar-refractivity contribution in [1.29, 1.82) is 0 Å². The first-order valence-corrected chi connectivity index (χ1v) is 10.1. The van der Waals surface area contributed by atoms with E-state index in [-0.39, 0.29) is 0 Å². The van der Waals surface area contributed by atoms with Gasteiger partial charge in [0.25, 0.3) is 0 Å². The zero-order valence-electron chi connectivity index (χ0n) is 15.4. The lowest BCUT2D eigenvalue weighted by molar-refractivity contribution is -0.159. The highest BCUT2D eigenvalue weighted by molar-refractivity contribution is 5.13. The van der Waals surface area contributed by atoms with Gasteiger partial charge in [0.05, 0.1) is 0 Å². The minimum atomic E-state index is 0.535. The number of hydrogen-bond acceptors (Lipinski definition) is 1. The van der Waals surface area contributed by atoms with Gasteiger partial charge in [0.15, 0.2) is 0 Å². The maximum absolute atomic E-state index is 3.72. The normalized spacial score (nSPS) is 57.8. The van der Waals surface area contributed by atoms with Gasteiger partial charge in [0.1, 0.15) is 0 Å². The molecule has 0 aliphatic heterocycles.